The third-order valence-corrected chi connectivity index (χ3v) is 3.67. The van der Waals surface area contributed by atoms with Crippen molar-refractivity contribution in [3.63, 3.8) is 0 Å². The smallest absolute Gasteiger partial charge is 0.305 e. The lowest BCUT2D eigenvalue weighted by Crippen LogP contribution is -2.39. The summed E-state index contributed by atoms with van der Waals surface area (Å²) in [6.07, 6.45) is 0.529. The van der Waals surface area contributed by atoms with Crippen molar-refractivity contribution in [2.45, 2.75) is 46.6 Å². The predicted octanol–water partition coefficient (Wildman–Crippen LogP) is 3.77. The molecule has 0 bridgehead atoms. The summed E-state index contributed by atoms with van der Waals surface area (Å²) in [6.45, 7) is 7.98. The fraction of sp³-hybridized carbons (Fsp3) is 0.500. The number of carbonyl (C=O) groups excluding carboxylic acids is 1. The number of carboxylic acids is 1. The molecule has 0 spiro atoms. The molecule has 21 heavy (non-hydrogen) atoms. The number of carboxylic acid groups (broad SMARTS) is 1. The molecule has 0 aromatic heterocycles. The van der Waals surface area contributed by atoms with E-state index in [-0.39, 0.29) is 23.8 Å². The lowest BCUT2D eigenvalue weighted by atomic mass is 9.87. The Labute approximate surface area is 134 Å². The monoisotopic (exact) mass is 355 g/mol. The summed E-state index contributed by atoms with van der Waals surface area (Å²) >= 11 is 3.36. The van der Waals surface area contributed by atoms with E-state index in [0.717, 1.165) is 5.56 Å². The molecule has 0 aliphatic heterocycles. The van der Waals surface area contributed by atoms with Gasteiger partial charge in [0.15, 0.2) is 0 Å². The second kappa shape index (κ2) is 7.07. The Hall–Kier alpha value is -1.36. The SMILES string of the molecule is Cc1ccc(Br)c(C(=O)NC(CC(=O)O)CC(C)(C)C)c1. The fourth-order valence-corrected chi connectivity index (χ4v) is 2.63. The van der Waals surface area contributed by atoms with Gasteiger partial charge in [0, 0.05) is 10.5 Å². The highest BCUT2D eigenvalue weighted by Crippen LogP contribution is 2.23. The van der Waals surface area contributed by atoms with E-state index < -0.39 is 5.97 Å². The predicted molar refractivity (Wildman–Crippen MR) is 86.5 cm³/mol. The highest BCUT2D eigenvalue weighted by Gasteiger charge is 2.23. The average Bonchev–Trinajstić information content (AvgIpc) is 2.28. The van der Waals surface area contributed by atoms with Crippen molar-refractivity contribution in [3.8, 4) is 0 Å². The molecule has 1 unspecified atom stereocenters. The number of halogens is 1. The van der Waals surface area contributed by atoms with Gasteiger partial charge < -0.3 is 10.4 Å². The van der Waals surface area contributed by atoms with Gasteiger partial charge in [-0.3, -0.25) is 9.59 Å². The van der Waals surface area contributed by atoms with Crippen LogP contribution in [0.5, 0.6) is 0 Å². The van der Waals surface area contributed by atoms with E-state index in [2.05, 4.69) is 21.2 Å². The van der Waals surface area contributed by atoms with Gasteiger partial charge in [0.2, 0.25) is 0 Å². The van der Waals surface area contributed by atoms with Crippen molar-refractivity contribution in [1.29, 1.82) is 0 Å². The molecule has 2 N–H and O–H groups in total. The zero-order valence-corrected chi connectivity index (χ0v) is 14.5. The van der Waals surface area contributed by atoms with Crippen molar-refractivity contribution in [2.75, 3.05) is 0 Å². The van der Waals surface area contributed by atoms with E-state index in [1.54, 1.807) is 6.07 Å². The second-order valence-corrected chi connectivity index (χ2v) is 7.37. The van der Waals surface area contributed by atoms with E-state index in [0.29, 0.717) is 16.5 Å². The quantitative estimate of drug-likeness (QED) is 0.844. The first-order chi connectivity index (χ1) is 9.58. The molecule has 1 amide bonds. The Balaban J connectivity index is 2.89. The molecule has 5 heteroatoms. The Morgan fingerprint density at radius 2 is 1.95 bits per heavy atom. The largest absolute Gasteiger partial charge is 0.481 e. The Kier molecular flexibility index (Phi) is 5.96. The van der Waals surface area contributed by atoms with E-state index in [1.165, 1.54) is 0 Å². The third-order valence-electron chi connectivity index (χ3n) is 2.98. The number of aliphatic carboxylic acids is 1. The van der Waals surface area contributed by atoms with Gasteiger partial charge in [0.05, 0.1) is 12.0 Å². The van der Waals surface area contributed by atoms with Gasteiger partial charge in [-0.2, -0.15) is 0 Å². The number of aryl methyl sites for hydroxylation is 1. The zero-order chi connectivity index (χ0) is 16.2. The van der Waals surface area contributed by atoms with Crippen LogP contribution in [0.25, 0.3) is 0 Å². The number of hydrogen-bond donors (Lipinski definition) is 2. The van der Waals surface area contributed by atoms with Crippen molar-refractivity contribution < 1.29 is 14.7 Å². The van der Waals surface area contributed by atoms with Crippen molar-refractivity contribution in [3.05, 3.63) is 33.8 Å². The van der Waals surface area contributed by atoms with E-state index in [4.69, 9.17) is 5.11 Å². The van der Waals surface area contributed by atoms with Gasteiger partial charge in [-0.25, -0.2) is 0 Å². The number of rotatable bonds is 5. The third kappa shape index (κ3) is 6.29. The first-order valence-corrected chi connectivity index (χ1v) is 7.66. The molecule has 1 aromatic carbocycles. The standard InChI is InChI=1S/C16H22BrNO3/c1-10-5-6-13(17)12(7-10)15(21)18-11(8-14(19)20)9-16(2,3)4/h5-7,11H,8-9H2,1-4H3,(H,18,21)(H,19,20). The molecule has 1 rings (SSSR count). The Bertz CT molecular complexity index is 535. The summed E-state index contributed by atoms with van der Waals surface area (Å²) in [6, 6.07) is 5.13. The van der Waals surface area contributed by atoms with Gasteiger partial charge in [0.25, 0.3) is 5.91 Å². The lowest BCUT2D eigenvalue weighted by Gasteiger charge is -2.26. The molecule has 0 fully saturated rings. The lowest BCUT2D eigenvalue weighted by molar-refractivity contribution is -0.137. The minimum absolute atomic E-state index is 0.0583. The molecular weight excluding hydrogens is 334 g/mol. The first-order valence-electron chi connectivity index (χ1n) is 6.87. The normalized spacial score (nSPS) is 12.8. The summed E-state index contributed by atoms with van der Waals surface area (Å²) in [5.41, 5.74) is 1.45. The Morgan fingerprint density at radius 1 is 1.33 bits per heavy atom. The van der Waals surface area contributed by atoms with E-state index in [1.807, 2.05) is 39.8 Å². The molecule has 116 valence electrons. The zero-order valence-electron chi connectivity index (χ0n) is 12.9. The van der Waals surface area contributed by atoms with Gasteiger partial charge in [-0.05, 0) is 46.8 Å². The van der Waals surface area contributed by atoms with Crippen LogP contribution in [0.15, 0.2) is 22.7 Å². The van der Waals surface area contributed by atoms with Crippen LogP contribution >= 0.6 is 15.9 Å². The Morgan fingerprint density at radius 3 is 2.48 bits per heavy atom. The maximum atomic E-state index is 12.4. The van der Waals surface area contributed by atoms with Crippen LogP contribution in [0.4, 0.5) is 0 Å². The van der Waals surface area contributed by atoms with Gasteiger partial charge in [-0.1, -0.05) is 32.4 Å². The van der Waals surface area contributed by atoms with Crippen LogP contribution in [0.2, 0.25) is 0 Å². The first kappa shape index (κ1) is 17.7. The van der Waals surface area contributed by atoms with E-state index >= 15 is 0 Å². The van der Waals surface area contributed by atoms with Crippen LogP contribution in [0.3, 0.4) is 0 Å². The summed E-state index contributed by atoms with van der Waals surface area (Å²) in [7, 11) is 0. The van der Waals surface area contributed by atoms with Crippen molar-refractivity contribution >= 4 is 27.8 Å². The molecular formula is C16H22BrNO3. The molecule has 0 radical (unpaired) electrons. The van der Waals surface area contributed by atoms with Crippen LogP contribution < -0.4 is 5.32 Å². The number of amides is 1. The maximum absolute atomic E-state index is 12.4. The van der Waals surface area contributed by atoms with Gasteiger partial charge >= 0.3 is 5.97 Å². The number of benzene rings is 1. The summed E-state index contributed by atoms with van der Waals surface area (Å²) < 4.78 is 0.704. The van der Waals surface area contributed by atoms with Crippen LogP contribution in [-0.2, 0) is 4.79 Å². The summed E-state index contributed by atoms with van der Waals surface area (Å²) in [5, 5.41) is 11.8. The highest BCUT2D eigenvalue weighted by atomic mass is 79.9. The molecule has 0 heterocycles. The molecule has 0 saturated heterocycles. The van der Waals surface area contributed by atoms with E-state index in [9.17, 15) is 9.59 Å². The van der Waals surface area contributed by atoms with Gasteiger partial charge in [-0.15, -0.1) is 0 Å². The number of nitrogens with one attached hydrogen (secondary N) is 1. The summed E-state index contributed by atoms with van der Waals surface area (Å²) in [4.78, 5) is 23.3. The minimum Gasteiger partial charge on any atom is -0.481 e. The molecule has 4 nitrogen and oxygen atoms in total. The average molecular weight is 356 g/mol. The maximum Gasteiger partial charge on any atom is 0.305 e. The minimum atomic E-state index is -0.909. The van der Waals surface area contributed by atoms with Crippen LogP contribution in [0, 0.1) is 12.3 Å². The summed E-state index contributed by atoms with van der Waals surface area (Å²) in [5.74, 6) is -1.16. The van der Waals surface area contributed by atoms with Crippen molar-refractivity contribution in [1.82, 2.24) is 5.32 Å². The molecule has 0 aliphatic rings. The number of hydrogen-bond acceptors (Lipinski definition) is 2. The second-order valence-electron chi connectivity index (χ2n) is 6.52. The molecule has 1 aromatic rings. The van der Waals surface area contributed by atoms with Gasteiger partial charge in [0.1, 0.15) is 0 Å². The fourth-order valence-electron chi connectivity index (χ4n) is 2.20. The van der Waals surface area contributed by atoms with Crippen LogP contribution in [-0.4, -0.2) is 23.0 Å². The molecule has 0 saturated carbocycles. The highest BCUT2D eigenvalue weighted by molar-refractivity contribution is 9.10. The molecule has 0 aliphatic carbocycles. The number of carbonyl (C=O) groups is 2. The molecule has 1 atom stereocenters. The van der Waals surface area contributed by atoms with Crippen LogP contribution in [0.1, 0.15) is 49.5 Å². The van der Waals surface area contributed by atoms with Crippen molar-refractivity contribution in [2.24, 2.45) is 5.41 Å². The topological polar surface area (TPSA) is 66.4 Å².